The number of carbonyl (C=O) groups excluding carboxylic acids is 1. The lowest BCUT2D eigenvalue weighted by molar-refractivity contribution is 0.0947. The van der Waals surface area contributed by atoms with Gasteiger partial charge < -0.3 is 10.2 Å². The number of nitrogens with one attached hydrogen (secondary N) is 1. The predicted molar refractivity (Wildman–Crippen MR) is 161 cm³/mol. The first-order valence-electron chi connectivity index (χ1n) is 13.6. The zero-order valence-corrected chi connectivity index (χ0v) is 24.4. The van der Waals surface area contributed by atoms with Gasteiger partial charge in [0, 0.05) is 51.4 Å². The SMILES string of the molecule is Cc1cc(C)c2nc(N3CCN(CCNC(=O)c4ccc(S(=O)(=O)N5CCc6ccccc65)cc4)CC3)sc2c1. The first kappa shape index (κ1) is 26.7. The van der Waals surface area contributed by atoms with E-state index in [1.54, 1.807) is 23.5 Å². The Kier molecular flexibility index (Phi) is 7.24. The van der Waals surface area contributed by atoms with Crippen molar-refractivity contribution in [3.63, 3.8) is 0 Å². The summed E-state index contributed by atoms with van der Waals surface area (Å²) in [5.41, 5.74) is 5.80. The summed E-state index contributed by atoms with van der Waals surface area (Å²) in [6.07, 6.45) is 0.701. The van der Waals surface area contributed by atoms with Crippen LogP contribution < -0.4 is 14.5 Å². The number of hydrogen-bond acceptors (Lipinski definition) is 7. The molecule has 1 N–H and O–H groups in total. The molecule has 208 valence electrons. The summed E-state index contributed by atoms with van der Waals surface area (Å²) in [5, 5.41) is 4.06. The molecule has 8 nitrogen and oxygen atoms in total. The van der Waals surface area contributed by atoms with Gasteiger partial charge in [0.2, 0.25) is 0 Å². The molecule has 0 unspecified atom stereocenters. The second kappa shape index (κ2) is 10.8. The maximum absolute atomic E-state index is 13.2. The van der Waals surface area contributed by atoms with Crippen molar-refractivity contribution in [2.24, 2.45) is 0 Å². The maximum Gasteiger partial charge on any atom is 0.264 e. The van der Waals surface area contributed by atoms with Gasteiger partial charge in [-0.1, -0.05) is 35.6 Å². The van der Waals surface area contributed by atoms with Gasteiger partial charge >= 0.3 is 0 Å². The van der Waals surface area contributed by atoms with E-state index < -0.39 is 10.0 Å². The molecule has 40 heavy (non-hydrogen) atoms. The largest absolute Gasteiger partial charge is 0.351 e. The summed E-state index contributed by atoms with van der Waals surface area (Å²) in [4.78, 5) is 22.5. The van der Waals surface area contributed by atoms with Crippen molar-refractivity contribution >= 4 is 48.3 Å². The first-order valence-corrected chi connectivity index (χ1v) is 15.9. The van der Waals surface area contributed by atoms with Crippen molar-refractivity contribution in [1.82, 2.24) is 15.2 Å². The Balaban J connectivity index is 0.995. The minimum absolute atomic E-state index is 0.192. The van der Waals surface area contributed by atoms with Crippen LogP contribution in [0.5, 0.6) is 0 Å². The van der Waals surface area contributed by atoms with Crippen molar-refractivity contribution < 1.29 is 13.2 Å². The van der Waals surface area contributed by atoms with E-state index in [1.807, 2.05) is 24.3 Å². The molecule has 1 fully saturated rings. The van der Waals surface area contributed by atoms with Gasteiger partial charge in [-0.15, -0.1) is 0 Å². The molecule has 2 aliphatic heterocycles. The summed E-state index contributed by atoms with van der Waals surface area (Å²) in [6.45, 7) is 9.60. The van der Waals surface area contributed by atoms with Gasteiger partial charge in [0.1, 0.15) is 0 Å². The highest BCUT2D eigenvalue weighted by molar-refractivity contribution is 7.92. The van der Waals surface area contributed by atoms with Gasteiger partial charge in [0.25, 0.3) is 15.9 Å². The molecule has 1 saturated heterocycles. The zero-order valence-electron chi connectivity index (χ0n) is 22.8. The molecule has 3 heterocycles. The predicted octanol–water partition coefficient (Wildman–Crippen LogP) is 4.22. The molecule has 1 amide bonds. The number of aromatic nitrogens is 1. The number of benzene rings is 3. The highest BCUT2D eigenvalue weighted by Crippen LogP contribution is 2.33. The van der Waals surface area contributed by atoms with Crippen molar-refractivity contribution in [2.75, 3.05) is 55.0 Å². The van der Waals surface area contributed by atoms with E-state index in [1.165, 1.54) is 32.3 Å². The topological polar surface area (TPSA) is 85.9 Å². The van der Waals surface area contributed by atoms with E-state index in [0.717, 1.165) is 54.6 Å². The van der Waals surface area contributed by atoms with Crippen LogP contribution in [-0.4, -0.2) is 70.0 Å². The van der Waals surface area contributed by atoms with Crippen molar-refractivity contribution in [2.45, 2.75) is 25.2 Å². The van der Waals surface area contributed by atoms with Crippen LogP contribution in [0.15, 0.2) is 65.6 Å². The van der Waals surface area contributed by atoms with Gasteiger partial charge in [-0.3, -0.25) is 14.0 Å². The van der Waals surface area contributed by atoms with Gasteiger partial charge in [-0.05, 0) is 73.4 Å². The molecular formula is C30H33N5O3S2. The normalized spacial score (nSPS) is 15.9. The number of hydrogen-bond donors (Lipinski definition) is 1. The van der Waals surface area contributed by atoms with Gasteiger partial charge in [0.05, 0.1) is 20.8 Å². The van der Waals surface area contributed by atoms with E-state index in [-0.39, 0.29) is 10.8 Å². The molecule has 6 rings (SSSR count). The van der Waals surface area contributed by atoms with Gasteiger partial charge in [-0.25, -0.2) is 13.4 Å². The van der Waals surface area contributed by atoms with Crippen LogP contribution in [0.1, 0.15) is 27.0 Å². The molecule has 0 atom stereocenters. The average Bonchev–Trinajstić information content (AvgIpc) is 3.59. The molecule has 4 aromatic rings. The van der Waals surface area contributed by atoms with Crippen LogP contribution in [-0.2, 0) is 16.4 Å². The second-order valence-electron chi connectivity index (χ2n) is 10.5. The van der Waals surface area contributed by atoms with E-state index in [0.29, 0.717) is 25.1 Å². The van der Waals surface area contributed by atoms with E-state index >= 15 is 0 Å². The molecule has 0 spiro atoms. The first-order chi connectivity index (χ1) is 19.3. The van der Waals surface area contributed by atoms with Crippen LogP contribution in [0.25, 0.3) is 10.2 Å². The summed E-state index contributed by atoms with van der Waals surface area (Å²) in [7, 11) is -3.68. The maximum atomic E-state index is 13.2. The van der Waals surface area contributed by atoms with Gasteiger partial charge in [0.15, 0.2) is 5.13 Å². The van der Waals surface area contributed by atoms with Crippen LogP contribution in [0.3, 0.4) is 0 Å². The third kappa shape index (κ3) is 5.18. The summed E-state index contributed by atoms with van der Waals surface area (Å²) in [5.74, 6) is -0.200. The van der Waals surface area contributed by atoms with Crippen molar-refractivity contribution in [3.05, 3.63) is 82.9 Å². The second-order valence-corrected chi connectivity index (χ2v) is 13.4. The Morgan fingerprint density at radius 2 is 1.73 bits per heavy atom. The minimum Gasteiger partial charge on any atom is -0.351 e. The quantitative estimate of drug-likeness (QED) is 0.355. The van der Waals surface area contributed by atoms with Crippen LogP contribution >= 0.6 is 11.3 Å². The average molecular weight is 576 g/mol. The molecule has 1 aromatic heterocycles. The van der Waals surface area contributed by atoms with Crippen LogP contribution in [0, 0.1) is 13.8 Å². The third-order valence-corrected chi connectivity index (χ3v) is 10.6. The third-order valence-electron chi connectivity index (χ3n) is 7.72. The summed E-state index contributed by atoms with van der Waals surface area (Å²) >= 11 is 1.76. The number of piperazine rings is 1. The fraction of sp³-hybridized carbons (Fsp3) is 0.333. The minimum atomic E-state index is -3.68. The lowest BCUT2D eigenvalue weighted by Gasteiger charge is -2.34. The monoisotopic (exact) mass is 575 g/mol. The molecule has 3 aromatic carbocycles. The molecule has 2 aliphatic rings. The molecular weight excluding hydrogens is 542 g/mol. The smallest absolute Gasteiger partial charge is 0.264 e. The van der Waals surface area contributed by atoms with Gasteiger partial charge in [-0.2, -0.15) is 0 Å². The Morgan fingerprint density at radius 3 is 2.50 bits per heavy atom. The molecule has 10 heteroatoms. The molecule has 0 radical (unpaired) electrons. The number of amides is 1. The number of nitrogens with zero attached hydrogens (tertiary/aromatic N) is 4. The van der Waals surface area contributed by atoms with E-state index in [4.69, 9.17) is 4.98 Å². The fourth-order valence-electron chi connectivity index (χ4n) is 5.55. The summed E-state index contributed by atoms with van der Waals surface area (Å²) < 4.78 is 29.1. The molecule has 0 bridgehead atoms. The lowest BCUT2D eigenvalue weighted by Crippen LogP contribution is -2.48. The van der Waals surface area contributed by atoms with E-state index in [9.17, 15) is 13.2 Å². The van der Waals surface area contributed by atoms with Crippen LogP contribution in [0.2, 0.25) is 0 Å². The Hall–Kier alpha value is -3.47. The zero-order chi connectivity index (χ0) is 27.9. The summed E-state index contributed by atoms with van der Waals surface area (Å²) in [6, 6.07) is 18.2. The molecule has 0 saturated carbocycles. The number of aryl methyl sites for hydroxylation is 2. The molecule has 0 aliphatic carbocycles. The number of thiazole rings is 1. The standard InChI is InChI=1S/C30H33N5O3S2/c1-21-19-22(2)28-27(20-21)39-30(32-28)34-17-15-33(16-18-34)14-12-31-29(36)24-7-9-25(10-8-24)40(37,38)35-13-11-23-5-3-4-6-26(23)35/h3-10,19-20H,11-18H2,1-2H3,(H,31,36). The number of sulfonamides is 1. The fourth-order valence-corrected chi connectivity index (χ4v) is 8.25. The Bertz CT molecular complexity index is 1660. The number of rotatable bonds is 7. The number of carbonyl (C=O) groups is 1. The Morgan fingerprint density at radius 1 is 0.975 bits per heavy atom. The highest BCUT2D eigenvalue weighted by atomic mass is 32.2. The lowest BCUT2D eigenvalue weighted by atomic mass is 10.1. The Labute approximate surface area is 239 Å². The number of anilines is 2. The number of para-hydroxylation sites is 1. The number of fused-ring (bicyclic) bond motifs is 2. The highest BCUT2D eigenvalue weighted by Gasteiger charge is 2.30. The van der Waals surface area contributed by atoms with E-state index in [2.05, 4.69) is 41.1 Å². The van der Waals surface area contributed by atoms with Crippen molar-refractivity contribution in [3.8, 4) is 0 Å². The van der Waals surface area contributed by atoms with Crippen molar-refractivity contribution in [1.29, 1.82) is 0 Å². The van der Waals surface area contributed by atoms with Crippen LogP contribution in [0.4, 0.5) is 10.8 Å².